The van der Waals surface area contributed by atoms with Gasteiger partial charge in [0.05, 0.1) is 12.6 Å². The van der Waals surface area contributed by atoms with Crippen LogP contribution in [-0.4, -0.2) is 70.8 Å². The smallest absolute Gasteiger partial charge is 0.359 e. The number of para-hydroxylation sites is 1. The van der Waals surface area contributed by atoms with Gasteiger partial charge >= 0.3 is 11.9 Å². The largest absolute Gasteiger partial charge is 0.468 e. The second-order valence-electron chi connectivity index (χ2n) is 5.42. The number of hydrogen-bond donors (Lipinski definition) is 1. The average molecular weight is 363 g/mol. The van der Waals surface area contributed by atoms with Crippen LogP contribution in [-0.2, 0) is 19.1 Å². The topological polar surface area (TPSA) is 102 Å². The number of rotatable bonds is 4. The molecule has 0 radical (unpaired) electrons. The second kappa shape index (κ2) is 7.56. The van der Waals surface area contributed by atoms with Gasteiger partial charge in [-0.3, -0.25) is 14.7 Å². The van der Waals surface area contributed by atoms with Crippen molar-refractivity contribution in [3.05, 3.63) is 30.0 Å². The molecule has 132 valence electrons. The quantitative estimate of drug-likeness (QED) is 0.803. The van der Waals surface area contributed by atoms with Crippen LogP contribution in [0.3, 0.4) is 0 Å². The van der Waals surface area contributed by atoms with Crippen LogP contribution in [0.25, 0.3) is 10.9 Å². The summed E-state index contributed by atoms with van der Waals surface area (Å²) in [7, 11) is 1.32. The van der Waals surface area contributed by atoms with Crippen molar-refractivity contribution in [2.75, 3.05) is 32.6 Å². The van der Waals surface area contributed by atoms with Gasteiger partial charge in [0.2, 0.25) is 0 Å². The van der Waals surface area contributed by atoms with Gasteiger partial charge in [-0.1, -0.05) is 18.2 Å². The minimum atomic E-state index is -0.665. The number of carbonyl (C=O) groups is 3. The molecule has 1 aromatic heterocycles. The molecule has 0 unspecified atom stereocenters. The lowest BCUT2D eigenvalue weighted by atomic mass is 10.2. The zero-order chi connectivity index (χ0) is 17.8. The van der Waals surface area contributed by atoms with Gasteiger partial charge in [0.15, 0.2) is 12.3 Å². The van der Waals surface area contributed by atoms with Crippen molar-refractivity contribution in [3.8, 4) is 0 Å². The van der Waals surface area contributed by atoms with Crippen LogP contribution in [0.15, 0.2) is 24.3 Å². The Labute approximate surface area is 147 Å². The van der Waals surface area contributed by atoms with Crippen molar-refractivity contribution in [2.45, 2.75) is 5.25 Å². The van der Waals surface area contributed by atoms with E-state index in [2.05, 4.69) is 10.2 Å². The predicted octanol–water partition coefficient (Wildman–Crippen LogP) is 0.837. The molecule has 0 spiro atoms. The van der Waals surface area contributed by atoms with E-state index in [9.17, 15) is 14.4 Å². The summed E-state index contributed by atoms with van der Waals surface area (Å²) in [5, 5.41) is 6.92. The summed E-state index contributed by atoms with van der Waals surface area (Å²) in [5.41, 5.74) is 0.861. The molecule has 1 fully saturated rings. The molecule has 0 aliphatic carbocycles. The molecule has 1 aromatic carbocycles. The van der Waals surface area contributed by atoms with Crippen molar-refractivity contribution < 1.29 is 23.9 Å². The molecule has 2 heterocycles. The maximum atomic E-state index is 12.3. The maximum absolute atomic E-state index is 12.3. The van der Waals surface area contributed by atoms with E-state index in [1.807, 2.05) is 6.07 Å². The monoisotopic (exact) mass is 363 g/mol. The third-order valence-corrected chi connectivity index (χ3v) is 5.04. The van der Waals surface area contributed by atoms with Gasteiger partial charge in [-0.25, -0.2) is 4.79 Å². The summed E-state index contributed by atoms with van der Waals surface area (Å²) in [6.07, 6.45) is 0. The molecule has 8 nitrogen and oxygen atoms in total. The molecule has 1 aliphatic rings. The highest BCUT2D eigenvalue weighted by Crippen LogP contribution is 2.20. The Hall–Kier alpha value is -2.55. The Bertz CT molecular complexity index is 806. The van der Waals surface area contributed by atoms with Gasteiger partial charge < -0.3 is 14.4 Å². The van der Waals surface area contributed by atoms with Gasteiger partial charge in [0, 0.05) is 24.2 Å². The van der Waals surface area contributed by atoms with Gasteiger partial charge in [0.1, 0.15) is 5.25 Å². The van der Waals surface area contributed by atoms with E-state index in [-0.39, 0.29) is 24.1 Å². The molecule has 0 bridgehead atoms. The summed E-state index contributed by atoms with van der Waals surface area (Å²) >= 11 is 1.45. The molecular weight excluding hydrogens is 346 g/mol. The van der Waals surface area contributed by atoms with E-state index in [4.69, 9.17) is 9.47 Å². The predicted molar refractivity (Wildman–Crippen MR) is 91.2 cm³/mol. The number of aromatic nitrogens is 2. The number of amides is 1. The molecule has 0 saturated carbocycles. The van der Waals surface area contributed by atoms with Crippen LogP contribution in [0.2, 0.25) is 0 Å². The van der Waals surface area contributed by atoms with Gasteiger partial charge in [-0.15, -0.1) is 11.8 Å². The molecule has 2 aromatic rings. The van der Waals surface area contributed by atoms with Gasteiger partial charge in [0.25, 0.3) is 5.91 Å². The first-order chi connectivity index (χ1) is 12.1. The highest BCUT2D eigenvalue weighted by Gasteiger charge is 2.30. The number of benzene rings is 1. The Morgan fingerprint density at radius 2 is 2.16 bits per heavy atom. The number of carbonyl (C=O) groups excluding carboxylic acids is 3. The van der Waals surface area contributed by atoms with Crippen molar-refractivity contribution >= 4 is 40.5 Å². The molecular formula is C16H17N3O5S. The average Bonchev–Trinajstić information content (AvgIpc) is 3.09. The van der Waals surface area contributed by atoms with Crippen molar-refractivity contribution in [3.63, 3.8) is 0 Å². The van der Waals surface area contributed by atoms with E-state index in [0.29, 0.717) is 17.7 Å². The normalized spacial score (nSPS) is 17.3. The van der Waals surface area contributed by atoms with Gasteiger partial charge in [-0.05, 0) is 6.07 Å². The number of nitrogens with zero attached hydrogens (tertiary/aromatic N) is 2. The molecule has 25 heavy (non-hydrogen) atoms. The molecule has 1 saturated heterocycles. The fourth-order valence-electron chi connectivity index (χ4n) is 2.56. The van der Waals surface area contributed by atoms with E-state index >= 15 is 0 Å². The maximum Gasteiger partial charge on any atom is 0.359 e. The number of methoxy groups -OCH3 is 1. The molecule has 1 atom stereocenters. The Kier molecular flexibility index (Phi) is 5.22. The Morgan fingerprint density at radius 3 is 2.96 bits per heavy atom. The lowest BCUT2D eigenvalue weighted by Crippen LogP contribution is -2.46. The molecule has 1 N–H and O–H groups in total. The van der Waals surface area contributed by atoms with Gasteiger partial charge in [-0.2, -0.15) is 5.10 Å². The van der Waals surface area contributed by atoms with Crippen LogP contribution in [0.4, 0.5) is 0 Å². The number of aromatic amines is 1. The lowest BCUT2D eigenvalue weighted by molar-refractivity contribution is -0.141. The van der Waals surface area contributed by atoms with Crippen molar-refractivity contribution in [1.82, 2.24) is 15.1 Å². The summed E-state index contributed by atoms with van der Waals surface area (Å²) in [4.78, 5) is 37.5. The molecule has 3 rings (SSSR count). The lowest BCUT2D eigenvalue weighted by Gasteiger charge is -2.30. The van der Waals surface area contributed by atoms with E-state index in [1.165, 1.54) is 23.8 Å². The zero-order valence-corrected chi connectivity index (χ0v) is 14.4. The minimum Gasteiger partial charge on any atom is -0.468 e. The number of esters is 2. The van der Waals surface area contributed by atoms with Crippen LogP contribution < -0.4 is 0 Å². The fraction of sp³-hybridized carbons (Fsp3) is 0.375. The first-order valence-corrected chi connectivity index (χ1v) is 8.72. The Morgan fingerprint density at radius 1 is 1.36 bits per heavy atom. The van der Waals surface area contributed by atoms with E-state index in [1.54, 1.807) is 18.2 Å². The van der Waals surface area contributed by atoms with Crippen LogP contribution in [0.5, 0.6) is 0 Å². The number of ether oxygens (including phenoxy) is 2. The summed E-state index contributed by atoms with van der Waals surface area (Å²) in [5.74, 6) is -0.740. The Balaban J connectivity index is 1.58. The summed E-state index contributed by atoms with van der Waals surface area (Å²) < 4.78 is 9.81. The first kappa shape index (κ1) is 17.3. The third kappa shape index (κ3) is 3.76. The highest BCUT2D eigenvalue weighted by molar-refractivity contribution is 8.00. The number of thioether (sulfide) groups is 1. The zero-order valence-electron chi connectivity index (χ0n) is 13.6. The SMILES string of the molecule is COC(=O)[C@@H]1CN(C(=O)COC(=O)c2n[nH]c3ccccc23)CCS1. The van der Waals surface area contributed by atoms with Crippen LogP contribution >= 0.6 is 11.8 Å². The third-order valence-electron chi connectivity index (χ3n) is 3.87. The van der Waals surface area contributed by atoms with Crippen molar-refractivity contribution in [1.29, 1.82) is 0 Å². The molecule has 9 heteroatoms. The second-order valence-corrected chi connectivity index (χ2v) is 6.73. The van der Waals surface area contributed by atoms with E-state index in [0.717, 1.165) is 5.52 Å². The van der Waals surface area contributed by atoms with Crippen LogP contribution in [0, 0.1) is 0 Å². The summed E-state index contributed by atoms with van der Waals surface area (Å²) in [6, 6.07) is 7.16. The van der Waals surface area contributed by atoms with Crippen LogP contribution in [0.1, 0.15) is 10.5 Å². The fourth-order valence-corrected chi connectivity index (χ4v) is 3.68. The molecule has 1 amide bonds. The highest BCUT2D eigenvalue weighted by atomic mass is 32.2. The number of nitrogens with one attached hydrogen (secondary N) is 1. The van der Waals surface area contributed by atoms with Crippen molar-refractivity contribution in [2.24, 2.45) is 0 Å². The first-order valence-electron chi connectivity index (χ1n) is 7.67. The van der Waals surface area contributed by atoms with E-state index < -0.39 is 17.8 Å². The number of hydrogen-bond acceptors (Lipinski definition) is 7. The summed E-state index contributed by atoms with van der Waals surface area (Å²) in [6.45, 7) is 0.359. The number of H-pyrrole nitrogens is 1. The molecule has 1 aliphatic heterocycles. The minimum absolute atomic E-state index is 0.144. The standard InChI is InChI=1S/C16H17N3O5S/c1-23-15(21)12-8-19(6-7-25-12)13(20)9-24-16(22)14-10-4-2-3-5-11(10)17-18-14/h2-5,12H,6-9H2,1H3,(H,17,18)/t12-/m0/s1. The number of fused-ring (bicyclic) bond motifs is 1.